The van der Waals surface area contributed by atoms with Crippen molar-refractivity contribution >= 4 is 22.6 Å². The van der Waals surface area contributed by atoms with E-state index in [1.54, 1.807) is 4.68 Å². The number of benzene rings is 1. The van der Waals surface area contributed by atoms with Gasteiger partial charge in [0.25, 0.3) is 0 Å². The number of pyridine rings is 1. The van der Waals surface area contributed by atoms with Gasteiger partial charge in [-0.2, -0.15) is 5.10 Å². The summed E-state index contributed by atoms with van der Waals surface area (Å²) in [6, 6.07) is 10.4. The van der Waals surface area contributed by atoms with Crippen LogP contribution in [0.4, 0.5) is 5.82 Å². The van der Waals surface area contributed by atoms with Crippen LogP contribution in [0.2, 0.25) is 0 Å². The molecular formula is C27H36N6O3. The van der Waals surface area contributed by atoms with E-state index < -0.39 is 5.60 Å². The van der Waals surface area contributed by atoms with Crippen molar-refractivity contribution in [2.24, 2.45) is 7.05 Å². The summed E-state index contributed by atoms with van der Waals surface area (Å²) in [7, 11) is 1.89. The second kappa shape index (κ2) is 10.1. The Labute approximate surface area is 211 Å². The summed E-state index contributed by atoms with van der Waals surface area (Å²) in [6.45, 7) is 6.38. The van der Waals surface area contributed by atoms with Crippen LogP contribution in [0.15, 0.2) is 36.5 Å². The first kappa shape index (κ1) is 24.5. The van der Waals surface area contributed by atoms with E-state index in [-0.39, 0.29) is 18.5 Å². The minimum absolute atomic E-state index is 0.0377. The predicted molar refractivity (Wildman–Crippen MR) is 139 cm³/mol. The number of anilines is 1. The monoisotopic (exact) mass is 492 g/mol. The largest absolute Gasteiger partial charge is 0.494 e. The van der Waals surface area contributed by atoms with E-state index in [2.05, 4.69) is 25.6 Å². The molecule has 0 radical (unpaired) electrons. The Morgan fingerprint density at radius 3 is 2.69 bits per heavy atom. The zero-order valence-electron chi connectivity index (χ0n) is 21.3. The molecule has 3 aromatic rings. The second-order valence-corrected chi connectivity index (χ2v) is 10.1. The second-order valence-electron chi connectivity index (χ2n) is 10.1. The van der Waals surface area contributed by atoms with Gasteiger partial charge in [0.15, 0.2) is 5.82 Å². The van der Waals surface area contributed by atoms with Crippen molar-refractivity contribution in [3.05, 3.63) is 47.8 Å². The number of nitrogens with one attached hydrogen (secondary N) is 2. The summed E-state index contributed by atoms with van der Waals surface area (Å²) in [6.07, 6.45) is 5.18. The predicted octanol–water partition coefficient (Wildman–Crippen LogP) is 2.72. The number of hydrogen-bond acceptors (Lipinski definition) is 7. The topological polar surface area (TPSA) is 105 Å². The number of aliphatic hydroxyl groups is 1. The van der Waals surface area contributed by atoms with E-state index in [0.717, 1.165) is 66.7 Å². The van der Waals surface area contributed by atoms with Gasteiger partial charge in [-0.15, -0.1) is 0 Å². The number of fused-ring (bicyclic) bond motifs is 1. The molecule has 5 rings (SSSR count). The number of aromatic nitrogens is 3. The van der Waals surface area contributed by atoms with Gasteiger partial charge in [-0.25, -0.2) is 0 Å². The van der Waals surface area contributed by atoms with Crippen LogP contribution in [-0.2, 0) is 17.4 Å². The number of ether oxygens (including phenoxy) is 1. The van der Waals surface area contributed by atoms with Crippen LogP contribution in [-0.4, -0.2) is 69.0 Å². The Morgan fingerprint density at radius 1 is 1.22 bits per heavy atom. The third-order valence-corrected chi connectivity index (χ3v) is 7.57. The van der Waals surface area contributed by atoms with Gasteiger partial charge in [-0.05, 0) is 63.8 Å². The molecular weight excluding hydrogens is 456 g/mol. The summed E-state index contributed by atoms with van der Waals surface area (Å²) in [5.74, 6) is 1.43. The van der Waals surface area contributed by atoms with E-state index >= 15 is 0 Å². The third-order valence-electron chi connectivity index (χ3n) is 7.57. The van der Waals surface area contributed by atoms with Crippen molar-refractivity contribution < 1.29 is 14.6 Å². The highest BCUT2D eigenvalue weighted by atomic mass is 16.5. The zero-order valence-corrected chi connectivity index (χ0v) is 21.3. The Morgan fingerprint density at radius 2 is 2.00 bits per heavy atom. The first-order chi connectivity index (χ1) is 17.3. The minimum Gasteiger partial charge on any atom is -0.494 e. The van der Waals surface area contributed by atoms with Crippen LogP contribution in [0.5, 0.6) is 5.75 Å². The van der Waals surface area contributed by atoms with Gasteiger partial charge in [-0.3, -0.25) is 19.4 Å². The Hall–Kier alpha value is -3.17. The molecule has 3 heterocycles. The van der Waals surface area contributed by atoms with E-state index in [1.165, 1.54) is 0 Å². The number of amides is 1. The maximum atomic E-state index is 12.6. The van der Waals surface area contributed by atoms with Gasteiger partial charge < -0.3 is 20.5 Å². The van der Waals surface area contributed by atoms with Crippen molar-refractivity contribution in [2.45, 2.75) is 57.2 Å². The lowest BCUT2D eigenvalue weighted by Gasteiger charge is -2.48. The fourth-order valence-electron chi connectivity index (χ4n) is 5.45. The summed E-state index contributed by atoms with van der Waals surface area (Å²) in [5, 5.41) is 22.9. The van der Waals surface area contributed by atoms with Crippen LogP contribution < -0.4 is 15.4 Å². The van der Waals surface area contributed by atoms with Crippen molar-refractivity contribution in [1.29, 1.82) is 0 Å². The molecule has 2 fully saturated rings. The van der Waals surface area contributed by atoms with E-state index in [9.17, 15) is 9.90 Å². The van der Waals surface area contributed by atoms with Crippen LogP contribution in [0.25, 0.3) is 10.9 Å². The quantitative estimate of drug-likeness (QED) is 0.444. The molecule has 1 saturated carbocycles. The molecule has 0 spiro atoms. The number of hydrogen-bond donors (Lipinski definition) is 3. The zero-order chi connectivity index (χ0) is 25.3. The molecule has 9 nitrogen and oxygen atoms in total. The van der Waals surface area contributed by atoms with Crippen LogP contribution in [0.3, 0.4) is 0 Å². The molecule has 192 valence electrons. The number of carbonyl (C=O) groups excluding carboxylic acids is 1. The molecule has 1 aromatic carbocycles. The molecule has 3 N–H and O–H groups in total. The highest BCUT2D eigenvalue weighted by molar-refractivity contribution is 5.93. The van der Waals surface area contributed by atoms with Crippen molar-refractivity contribution in [1.82, 2.24) is 25.0 Å². The average molecular weight is 493 g/mol. The molecule has 1 saturated heterocycles. The van der Waals surface area contributed by atoms with Crippen molar-refractivity contribution in [3.8, 4) is 5.75 Å². The van der Waals surface area contributed by atoms with Gasteiger partial charge in [0.1, 0.15) is 5.75 Å². The fourth-order valence-corrected chi connectivity index (χ4v) is 5.45. The Kier molecular flexibility index (Phi) is 6.85. The average Bonchev–Trinajstić information content (AvgIpc) is 3.16. The summed E-state index contributed by atoms with van der Waals surface area (Å²) >= 11 is 0. The third kappa shape index (κ3) is 5.03. The normalized spacial score (nSPS) is 22.8. The van der Waals surface area contributed by atoms with Gasteiger partial charge in [0.2, 0.25) is 5.91 Å². The Bertz CT molecular complexity index is 1210. The van der Waals surface area contributed by atoms with E-state index in [4.69, 9.17) is 4.74 Å². The number of likely N-dealkylation sites (tertiary alicyclic amines) is 1. The fraction of sp³-hybridized carbons (Fsp3) is 0.519. The summed E-state index contributed by atoms with van der Waals surface area (Å²) in [4.78, 5) is 19.4. The molecule has 1 amide bonds. The summed E-state index contributed by atoms with van der Waals surface area (Å²) < 4.78 is 7.41. The maximum Gasteiger partial charge on any atom is 0.239 e. The molecule has 36 heavy (non-hydrogen) atoms. The van der Waals surface area contributed by atoms with Crippen molar-refractivity contribution in [3.63, 3.8) is 0 Å². The molecule has 0 unspecified atom stereocenters. The highest BCUT2D eigenvalue weighted by Gasteiger charge is 2.40. The highest BCUT2D eigenvalue weighted by Crippen LogP contribution is 2.39. The number of nitrogens with zero attached hydrogens (tertiary/aromatic N) is 4. The van der Waals surface area contributed by atoms with Gasteiger partial charge in [0, 0.05) is 49.0 Å². The van der Waals surface area contributed by atoms with Crippen LogP contribution in [0, 0.1) is 6.92 Å². The summed E-state index contributed by atoms with van der Waals surface area (Å²) in [5.41, 5.74) is 2.08. The lowest BCUT2D eigenvalue weighted by Crippen LogP contribution is -2.63. The number of carbonyl (C=O) groups is 1. The van der Waals surface area contributed by atoms with Gasteiger partial charge in [0.05, 0.1) is 30.3 Å². The van der Waals surface area contributed by atoms with Gasteiger partial charge >= 0.3 is 0 Å². The SMILES string of the molecule is CCOc1ccc2c(c1)c(NCC(=O)NC1CN([C@H]3CC[C@@](O)(c4ccc(C)nc4)CC3)C1)nn2C. The van der Waals surface area contributed by atoms with Crippen molar-refractivity contribution in [2.75, 3.05) is 31.6 Å². The first-order valence-corrected chi connectivity index (χ1v) is 12.9. The van der Waals surface area contributed by atoms with Crippen LogP contribution in [0.1, 0.15) is 43.9 Å². The first-order valence-electron chi connectivity index (χ1n) is 12.9. The maximum absolute atomic E-state index is 12.6. The van der Waals surface area contributed by atoms with Gasteiger partial charge in [-0.1, -0.05) is 6.07 Å². The minimum atomic E-state index is -0.777. The molecule has 2 aromatic heterocycles. The molecule has 0 bridgehead atoms. The lowest BCUT2D eigenvalue weighted by atomic mass is 9.77. The van der Waals surface area contributed by atoms with Crippen LogP contribution >= 0.6 is 0 Å². The molecule has 1 aliphatic carbocycles. The molecule has 2 aliphatic rings. The molecule has 0 atom stereocenters. The smallest absolute Gasteiger partial charge is 0.239 e. The number of aryl methyl sites for hydroxylation is 2. The Balaban J connectivity index is 1.07. The molecule has 1 aliphatic heterocycles. The van der Waals surface area contributed by atoms with E-state index in [1.807, 2.05) is 57.4 Å². The molecule has 9 heteroatoms. The van der Waals surface area contributed by atoms with E-state index in [0.29, 0.717) is 18.5 Å². The standard InChI is InChI=1S/C27H36N6O3/c1-4-36-22-7-8-24-23(13-22)26(31-32(24)3)29-15-25(34)30-20-16-33(17-20)21-9-11-27(35,12-10-21)19-6-5-18(2)28-14-19/h5-8,13-14,20-21,35H,4,9-12,15-17H2,1-3H3,(H,29,31)(H,30,34)/t21-,27-. The number of rotatable bonds is 8. The lowest BCUT2D eigenvalue weighted by molar-refractivity contribution is -0.121.